The van der Waals surface area contributed by atoms with Gasteiger partial charge in [0.15, 0.2) is 0 Å². The molecular formula is C16H26N4O. The smallest absolute Gasteiger partial charge is 0.137 e. The number of nitrogens with zero attached hydrogens (tertiary/aromatic N) is 3. The lowest BCUT2D eigenvalue weighted by Gasteiger charge is -2.36. The number of aromatic nitrogens is 2. The fourth-order valence-corrected chi connectivity index (χ4v) is 3.30. The van der Waals surface area contributed by atoms with E-state index in [2.05, 4.69) is 9.88 Å². The molecule has 2 aliphatic carbocycles. The summed E-state index contributed by atoms with van der Waals surface area (Å²) in [4.78, 5) is 11.5. The third kappa shape index (κ3) is 3.12. The van der Waals surface area contributed by atoms with Gasteiger partial charge in [-0.15, -0.1) is 0 Å². The number of rotatable bonds is 5. The van der Waals surface area contributed by atoms with Crippen LogP contribution in [0.5, 0.6) is 0 Å². The minimum absolute atomic E-state index is 0.151. The summed E-state index contributed by atoms with van der Waals surface area (Å²) in [5, 5.41) is 9.46. The Labute approximate surface area is 126 Å². The van der Waals surface area contributed by atoms with E-state index in [1.54, 1.807) is 0 Å². The van der Waals surface area contributed by atoms with E-state index >= 15 is 0 Å². The molecule has 1 heterocycles. The van der Waals surface area contributed by atoms with Crippen LogP contribution < -0.4 is 10.6 Å². The van der Waals surface area contributed by atoms with Gasteiger partial charge < -0.3 is 15.7 Å². The summed E-state index contributed by atoms with van der Waals surface area (Å²) < 4.78 is 0. The monoisotopic (exact) mass is 290 g/mol. The molecule has 2 fully saturated rings. The standard InChI is InChI=1S/C16H26N4O/c1-11-14(17)18-15(12-7-8-12)19-16(11)20(9-10-21)13-5-3-2-4-6-13/h12-13,21H,2-10H2,1H3,(H2,17,18,19). The molecular weight excluding hydrogens is 264 g/mol. The molecule has 0 unspecified atom stereocenters. The highest BCUT2D eigenvalue weighted by Crippen LogP contribution is 2.40. The zero-order chi connectivity index (χ0) is 14.8. The molecule has 2 saturated carbocycles. The van der Waals surface area contributed by atoms with E-state index in [9.17, 15) is 5.11 Å². The number of nitrogen functional groups attached to an aromatic ring is 1. The van der Waals surface area contributed by atoms with Gasteiger partial charge in [0, 0.05) is 24.1 Å². The summed E-state index contributed by atoms with van der Waals surface area (Å²) in [5.41, 5.74) is 7.07. The second-order valence-electron chi connectivity index (χ2n) is 6.40. The number of aliphatic hydroxyl groups is 1. The van der Waals surface area contributed by atoms with Crippen molar-refractivity contribution in [1.82, 2.24) is 9.97 Å². The van der Waals surface area contributed by atoms with Crippen LogP contribution >= 0.6 is 0 Å². The van der Waals surface area contributed by atoms with Gasteiger partial charge in [-0.3, -0.25) is 0 Å². The van der Waals surface area contributed by atoms with E-state index in [0.29, 0.717) is 24.3 Å². The van der Waals surface area contributed by atoms with Crippen molar-refractivity contribution in [2.24, 2.45) is 0 Å². The van der Waals surface area contributed by atoms with Gasteiger partial charge >= 0.3 is 0 Å². The van der Waals surface area contributed by atoms with Crippen molar-refractivity contribution in [1.29, 1.82) is 0 Å². The number of hydrogen-bond acceptors (Lipinski definition) is 5. The maximum Gasteiger partial charge on any atom is 0.137 e. The molecule has 0 radical (unpaired) electrons. The van der Waals surface area contributed by atoms with Crippen LogP contribution in [0.1, 0.15) is 62.3 Å². The number of anilines is 2. The zero-order valence-corrected chi connectivity index (χ0v) is 12.9. The molecule has 0 aliphatic heterocycles. The molecule has 0 spiro atoms. The Balaban J connectivity index is 1.93. The van der Waals surface area contributed by atoms with Crippen LogP contribution in [-0.2, 0) is 0 Å². The van der Waals surface area contributed by atoms with Crippen molar-refractivity contribution in [2.45, 2.75) is 63.8 Å². The Morgan fingerprint density at radius 2 is 1.86 bits per heavy atom. The number of nitrogens with two attached hydrogens (primary N) is 1. The van der Waals surface area contributed by atoms with Gasteiger partial charge in [-0.1, -0.05) is 19.3 Å². The molecule has 1 aromatic heterocycles. The summed E-state index contributed by atoms with van der Waals surface area (Å²) >= 11 is 0. The van der Waals surface area contributed by atoms with Gasteiger partial charge in [0.05, 0.1) is 6.61 Å². The van der Waals surface area contributed by atoms with Crippen molar-refractivity contribution in [3.8, 4) is 0 Å². The molecule has 0 bridgehead atoms. The Hall–Kier alpha value is -1.36. The molecule has 5 nitrogen and oxygen atoms in total. The van der Waals surface area contributed by atoms with Crippen LogP contribution in [0.4, 0.5) is 11.6 Å². The Morgan fingerprint density at radius 1 is 1.14 bits per heavy atom. The lowest BCUT2D eigenvalue weighted by Crippen LogP contribution is -2.40. The van der Waals surface area contributed by atoms with E-state index in [1.807, 2.05) is 6.92 Å². The summed E-state index contributed by atoms with van der Waals surface area (Å²) in [6.07, 6.45) is 8.56. The largest absolute Gasteiger partial charge is 0.395 e. The first-order valence-electron chi connectivity index (χ1n) is 8.22. The second kappa shape index (κ2) is 6.18. The first kappa shape index (κ1) is 14.6. The van der Waals surface area contributed by atoms with Gasteiger partial charge in [0.1, 0.15) is 17.5 Å². The lowest BCUT2D eigenvalue weighted by atomic mass is 9.94. The maximum atomic E-state index is 9.46. The fraction of sp³-hybridized carbons (Fsp3) is 0.750. The number of hydrogen-bond donors (Lipinski definition) is 2. The predicted molar refractivity (Wildman–Crippen MR) is 84.5 cm³/mol. The minimum atomic E-state index is 0.151. The SMILES string of the molecule is Cc1c(N)nc(C2CC2)nc1N(CCO)C1CCCCC1. The topological polar surface area (TPSA) is 75.3 Å². The molecule has 1 aromatic rings. The molecule has 0 atom stereocenters. The molecule has 5 heteroatoms. The lowest BCUT2D eigenvalue weighted by molar-refractivity contribution is 0.289. The summed E-state index contributed by atoms with van der Waals surface area (Å²) in [5.74, 6) is 2.94. The van der Waals surface area contributed by atoms with Crippen molar-refractivity contribution in [3.63, 3.8) is 0 Å². The van der Waals surface area contributed by atoms with Crippen LogP contribution in [-0.4, -0.2) is 34.3 Å². The van der Waals surface area contributed by atoms with Crippen LogP contribution in [0.15, 0.2) is 0 Å². The van der Waals surface area contributed by atoms with Crippen molar-refractivity contribution < 1.29 is 5.11 Å². The second-order valence-corrected chi connectivity index (χ2v) is 6.40. The molecule has 3 rings (SSSR count). The molecule has 21 heavy (non-hydrogen) atoms. The first-order chi connectivity index (χ1) is 10.2. The average molecular weight is 290 g/mol. The molecule has 116 valence electrons. The highest BCUT2D eigenvalue weighted by molar-refractivity contribution is 5.57. The summed E-state index contributed by atoms with van der Waals surface area (Å²) in [6, 6.07) is 0.478. The minimum Gasteiger partial charge on any atom is -0.395 e. The molecule has 0 amide bonds. The first-order valence-corrected chi connectivity index (χ1v) is 8.22. The Kier molecular flexibility index (Phi) is 4.29. The molecule has 0 saturated heterocycles. The van der Waals surface area contributed by atoms with Crippen molar-refractivity contribution >= 4 is 11.6 Å². The Bertz CT molecular complexity index is 495. The van der Waals surface area contributed by atoms with Crippen LogP contribution in [0.25, 0.3) is 0 Å². The van der Waals surface area contributed by atoms with Crippen LogP contribution in [0.3, 0.4) is 0 Å². The van der Waals surface area contributed by atoms with E-state index in [-0.39, 0.29) is 6.61 Å². The van der Waals surface area contributed by atoms with Gasteiger partial charge in [-0.2, -0.15) is 0 Å². The summed E-state index contributed by atoms with van der Waals surface area (Å²) in [7, 11) is 0. The van der Waals surface area contributed by atoms with Gasteiger partial charge in [-0.25, -0.2) is 9.97 Å². The fourth-order valence-electron chi connectivity index (χ4n) is 3.30. The van der Waals surface area contributed by atoms with E-state index < -0.39 is 0 Å². The molecule has 2 aliphatic rings. The molecule has 3 N–H and O–H groups in total. The highest BCUT2D eigenvalue weighted by atomic mass is 16.3. The zero-order valence-electron chi connectivity index (χ0n) is 12.9. The highest BCUT2D eigenvalue weighted by Gasteiger charge is 2.30. The summed E-state index contributed by atoms with van der Waals surface area (Å²) in [6.45, 7) is 2.78. The number of aliphatic hydroxyl groups excluding tert-OH is 1. The normalized spacial score (nSPS) is 19.7. The average Bonchev–Trinajstić information content (AvgIpc) is 3.33. The van der Waals surface area contributed by atoms with Crippen LogP contribution in [0, 0.1) is 6.92 Å². The maximum absolute atomic E-state index is 9.46. The van der Waals surface area contributed by atoms with E-state index in [1.165, 1.54) is 44.9 Å². The van der Waals surface area contributed by atoms with Crippen molar-refractivity contribution in [2.75, 3.05) is 23.8 Å². The van der Waals surface area contributed by atoms with Crippen molar-refractivity contribution in [3.05, 3.63) is 11.4 Å². The van der Waals surface area contributed by atoms with Crippen LogP contribution in [0.2, 0.25) is 0 Å². The quantitative estimate of drug-likeness (QED) is 0.871. The predicted octanol–water partition coefficient (Wildman–Crippen LogP) is 2.38. The van der Waals surface area contributed by atoms with Gasteiger partial charge in [-0.05, 0) is 32.6 Å². The third-order valence-electron chi connectivity index (χ3n) is 4.75. The van der Waals surface area contributed by atoms with Gasteiger partial charge in [0.2, 0.25) is 0 Å². The van der Waals surface area contributed by atoms with E-state index in [4.69, 9.17) is 10.7 Å². The third-order valence-corrected chi connectivity index (χ3v) is 4.75. The molecule has 0 aromatic carbocycles. The Morgan fingerprint density at radius 3 is 2.48 bits per heavy atom. The van der Waals surface area contributed by atoms with E-state index in [0.717, 1.165) is 17.2 Å². The van der Waals surface area contributed by atoms with Gasteiger partial charge in [0.25, 0.3) is 0 Å².